The van der Waals surface area contributed by atoms with Crippen molar-refractivity contribution in [3.8, 4) is 0 Å². The molecule has 1 aliphatic heterocycles. The van der Waals surface area contributed by atoms with Crippen LogP contribution < -0.4 is 10.6 Å². The third-order valence-electron chi connectivity index (χ3n) is 2.75. The quantitative estimate of drug-likeness (QED) is 0.808. The second kappa shape index (κ2) is 5.54. The Bertz CT molecular complexity index is 345. The minimum Gasteiger partial charge on any atom is -0.352 e. The van der Waals surface area contributed by atoms with Crippen molar-refractivity contribution in [2.24, 2.45) is 4.99 Å². The van der Waals surface area contributed by atoms with Gasteiger partial charge >= 0.3 is 0 Å². The molecule has 86 valence electrons. The Labute approximate surface area is 97.0 Å². The largest absolute Gasteiger partial charge is 0.352 e. The van der Waals surface area contributed by atoms with Crippen molar-refractivity contribution in [2.75, 3.05) is 6.54 Å². The topological polar surface area (TPSA) is 36.4 Å². The molecule has 1 heterocycles. The Morgan fingerprint density at radius 3 is 2.94 bits per heavy atom. The predicted octanol–water partition coefficient (Wildman–Crippen LogP) is 1.90. The molecule has 2 N–H and O–H groups in total. The van der Waals surface area contributed by atoms with Crippen LogP contribution >= 0.6 is 0 Å². The van der Waals surface area contributed by atoms with Crippen LogP contribution in [0.4, 0.5) is 0 Å². The van der Waals surface area contributed by atoms with Crippen molar-refractivity contribution < 1.29 is 0 Å². The van der Waals surface area contributed by atoms with Gasteiger partial charge in [-0.3, -0.25) is 4.99 Å². The molecule has 1 atom stereocenters. The summed E-state index contributed by atoms with van der Waals surface area (Å²) in [6.45, 7) is 3.95. The van der Waals surface area contributed by atoms with Gasteiger partial charge in [-0.25, -0.2) is 0 Å². The summed E-state index contributed by atoms with van der Waals surface area (Å²) in [6, 6.07) is 10.9. The summed E-state index contributed by atoms with van der Waals surface area (Å²) in [5.41, 5.74) is 1.28. The zero-order valence-electron chi connectivity index (χ0n) is 9.74. The van der Waals surface area contributed by atoms with Crippen molar-refractivity contribution in [2.45, 2.75) is 32.4 Å². The number of guanidine groups is 1. The molecule has 0 aromatic heterocycles. The van der Waals surface area contributed by atoms with Crippen LogP contribution in [0.2, 0.25) is 0 Å². The summed E-state index contributed by atoms with van der Waals surface area (Å²) < 4.78 is 0. The SMILES string of the molecule is CCCC1CN=C(NCc2ccccc2)N1. The third-order valence-corrected chi connectivity index (χ3v) is 2.75. The lowest BCUT2D eigenvalue weighted by atomic mass is 10.2. The van der Waals surface area contributed by atoms with Crippen LogP contribution in [-0.2, 0) is 6.54 Å². The molecule has 1 unspecified atom stereocenters. The molecule has 0 spiro atoms. The van der Waals surface area contributed by atoms with Gasteiger partial charge in [-0.2, -0.15) is 0 Å². The monoisotopic (exact) mass is 217 g/mol. The Kier molecular flexibility index (Phi) is 3.81. The van der Waals surface area contributed by atoms with E-state index in [1.54, 1.807) is 0 Å². The van der Waals surface area contributed by atoms with Crippen LogP contribution in [0.25, 0.3) is 0 Å². The molecular formula is C13H19N3. The number of nitrogens with zero attached hydrogens (tertiary/aromatic N) is 1. The van der Waals surface area contributed by atoms with Gasteiger partial charge in [0.05, 0.1) is 6.54 Å². The Morgan fingerprint density at radius 1 is 1.38 bits per heavy atom. The maximum absolute atomic E-state index is 4.45. The van der Waals surface area contributed by atoms with Crippen molar-refractivity contribution in [1.82, 2.24) is 10.6 Å². The van der Waals surface area contributed by atoms with Crippen LogP contribution in [0.3, 0.4) is 0 Å². The highest BCUT2D eigenvalue weighted by Gasteiger charge is 2.15. The first-order valence-corrected chi connectivity index (χ1v) is 5.97. The molecule has 3 heteroatoms. The van der Waals surface area contributed by atoms with Crippen LogP contribution in [0, 0.1) is 0 Å². The van der Waals surface area contributed by atoms with E-state index in [0.29, 0.717) is 6.04 Å². The summed E-state index contributed by atoms with van der Waals surface area (Å²) >= 11 is 0. The molecule has 1 aromatic carbocycles. The van der Waals surface area contributed by atoms with Crippen molar-refractivity contribution in [3.63, 3.8) is 0 Å². The highest BCUT2D eigenvalue weighted by molar-refractivity contribution is 5.81. The van der Waals surface area contributed by atoms with Crippen molar-refractivity contribution in [3.05, 3.63) is 35.9 Å². The van der Waals surface area contributed by atoms with Crippen molar-refractivity contribution >= 4 is 5.96 Å². The fourth-order valence-electron chi connectivity index (χ4n) is 1.89. The van der Waals surface area contributed by atoms with E-state index >= 15 is 0 Å². The van der Waals surface area contributed by atoms with Gasteiger partial charge in [0, 0.05) is 12.6 Å². The third kappa shape index (κ3) is 2.99. The fourth-order valence-corrected chi connectivity index (χ4v) is 1.89. The number of nitrogens with one attached hydrogen (secondary N) is 2. The minimum absolute atomic E-state index is 0.531. The number of hydrogen-bond donors (Lipinski definition) is 2. The fraction of sp³-hybridized carbons (Fsp3) is 0.462. The van der Waals surface area contributed by atoms with Gasteiger partial charge < -0.3 is 10.6 Å². The highest BCUT2D eigenvalue weighted by atomic mass is 15.2. The summed E-state index contributed by atoms with van der Waals surface area (Å²) in [5.74, 6) is 0.947. The van der Waals surface area contributed by atoms with Gasteiger partial charge in [0.15, 0.2) is 5.96 Å². The molecule has 0 bridgehead atoms. The van der Waals surface area contributed by atoms with Gasteiger partial charge in [0.1, 0.15) is 0 Å². The second-order valence-corrected chi connectivity index (χ2v) is 4.16. The molecule has 0 radical (unpaired) electrons. The molecule has 2 rings (SSSR count). The first-order valence-electron chi connectivity index (χ1n) is 5.97. The molecule has 0 amide bonds. The number of hydrogen-bond acceptors (Lipinski definition) is 3. The lowest BCUT2D eigenvalue weighted by molar-refractivity contribution is 0.587. The molecule has 0 fully saturated rings. The van der Waals surface area contributed by atoms with E-state index in [2.05, 4.69) is 46.8 Å². The average molecular weight is 217 g/mol. The van der Waals surface area contributed by atoms with E-state index in [-0.39, 0.29) is 0 Å². The number of benzene rings is 1. The molecule has 16 heavy (non-hydrogen) atoms. The molecule has 3 nitrogen and oxygen atoms in total. The number of aliphatic imine (C=N–C) groups is 1. The van der Waals surface area contributed by atoms with E-state index in [9.17, 15) is 0 Å². The van der Waals surface area contributed by atoms with Gasteiger partial charge in [0.2, 0.25) is 0 Å². The molecular weight excluding hydrogens is 198 g/mol. The lowest BCUT2D eigenvalue weighted by Crippen LogP contribution is -2.38. The molecule has 0 saturated carbocycles. The second-order valence-electron chi connectivity index (χ2n) is 4.16. The average Bonchev–Trinajstić information content (AvgIpc) is 2.76. The Balaban J connectivity index is 1.76. The maximum Gasteiger partial charge on any atom is 0.191 e. The van der Waals surface area contributed by atoms with Crippen molar-refractivity contribution in [1.29, 1.82) is 0 Å². The van der Waals surface area contributed by atoms with Crippen LogP contribution in [0.5, 0.6) is 0 Å². The molecule has 1 aromatic rings. The standard InChI is InChI=1S/C13H19N3/c1-2-6-12-10-15-13(16-12)14-9-11-7-4-3-5-8-11/h3-5,7-8,12H,2,6,9-10H2,1H3,(H2,14,15,16). The molecule has 1 aliphatic rings. The predicted molar refractivity (Wildman–Crippen MR) is 67.4 cm³/mol. The summed E-state index contributed by atoms with van der Waals surface area (Å²) in [7, 11) is 0. The van der Waals surface area contributed by atoms with E-state index < -0.39 is 0 Å². The summed E-state index contributed by atoms with van der Waals surface area (Å²) in [5, 5.41) is 6.73. The Morgan fingerprint density at radius 2 is 2.19 bits per heavy atom. The zero-order chi connectivity index (χ0) is 11.2. The lowest BCUT2D eigenvalue weighted by Gasteiger charge is -2.11. The Hall–Kier alpha value is -1.51. The maximum atomic E-state index is 4.45. The van der Waals surface area contributed by atoms with E-state index in [1.165, 1.54) is 18.4 Å². The first-order chi connectivity index (χ1) is 7.88. The van der Waals surface area contributed by atoms with E-state index in [0.717, 1.165) is 19.0 Å². The first kappa shape index (κ1) is 11.0. The smallest absolute Gasteiger partial charge is 0.191 e. The van der Waals surface area contributed by atoms with Gasteiger partial charge in [-0.1, -0.05) is 43.7 Å². The van der Waals surface area contributed by atoms with Gasteiger partial charge in [-0.05, 0) is 12.0 Å². The van der Waals surface area contributed by atoms with E-state index in [4.69, 9.17) is 0 Å². The van der Waals surface area contributed by atoms with E-state index in [1.807, 2.05) is 6.07 Å². The molecule has 0 aliphatic carbocycles. The van der Waals surface area contributed by atoms with Gasteiger partial charge in [0.25, 0.3) is 0 Å². The highest BCUT2D eigenvalue weighted by Crippen LogP contribution is 2.03. The number of rotatable bonds is 4. The molecule has 0 saturated heterocycles. The zero-order valence-corrected chi connectivity index (χ0v) is 9.74. The van der Waals surface area contributed by atoms with Crippen LogP contribution in [0.15, 0.2) is 35.3 Å². The summed E-state index contributed by atoms with van der Waals surface area (Å²) in [4.78, 5) is 4.45. The summed E-state index contributed by atoms with van der Waals surface area (Å²) in [6.07, 6.45) is 2.40. The van der Waals surface area contributed by atoms with Gasteiger partial charge in [-0.15, -0.1) is 0 Å². The van der Waals surface area contributed by atoms with Crippen LogP contribution in [0.1, 0.15) is 25.3 Å². The van der Waals surface area contributed by atoms with Crippen LogP contribution in [-0.4, -0.2) is 18.5 Å². The normalized spacial score (nSPS) is 19.1. The minimum atomic E-state index is 0.531.